The zero-order valence-electron chi connectivity index (χ0n) is 16.6. The molecule has 0 spiro atoms. The number of nitro groups is 1. The first-order valence-electron chi connectivity index (χ1n) is 8.83. The summed E-state index contributed by atoms with van der Waals surface area (Å²) in [5.74, 6) is -0.925. The molecule has 3 rings (SSSR count). The van der Waals surface area contributed by atoms with Crippen molar-refractivity contribution in [2.45, 2.75) is 31.8 Å². The largest absolute Gasteiger partial charge is 0.493 e. The van der Waals surface area contributed by atoms with Gasteiger partial charge in [-0.05, 0) is 31.5 Å². The van der Waals surface area contributed by atoms with E-state index in [2.05, 4.69) is 10.4 Å². The Morgan fingerprint density at radius 2 is 1.69 bits per heavy atom. The Morgan fingerprint density at radius 3 is 2.14 bits per heavy atom. The molecule has 1 aliphatic heterocycles. The molecule has 0 aliphatic carbocycles. The van der Waals surface area contributed by atoms with E-state index in [0.717, 1.165) is 0 Å². The summed E-state index contributed by atoms with van der Waals surface area (Å²) in [6.45, 7) is 3.63. The number of carbonyl (C=O) groups excluding carboxylic acids is 1. The van der Waals surface area contributed by atoms with Crippen LogP contribution in [0.5, 0.6) is 17.2 Å². The van der Waals surface area contributed by atoms with E-state index in [1.54, 1.807) is 0 Å². The lowest BCUT2D eigenvalue weighted by molar-refractivity contribution is -0.509. The molecule has 2 N–H and O–H groups in total. The van der Waals surface area contributed by atoms with E-state index >= 15 is 0 Å². The van der Waals surface area contributed by atoms with Gasteiger partial charge in [-0.2, -0.15) is 0 Å². The number of H-pyrrole nitrogens is 1. The highest BCUT2D eigenvalue weighted by Gasteiger charge is 2.49. The summed E-state index contributed by atoms with van der Waals surface area (Å²) in [6, 6.07) is 1.14. The zero-order valence-corrected chi connectivity index (χ0v) is 16.6. The molecule has 0 fully saturated rings. The summed E-state index contributed by atoms with van der Waals surface area (Å²) in [4.78, 5) is 36.5. The normalized spacial score (nSPS) is 18.2. The fourth-order valence-electron chi connectivity index (χ4n) is 3.61. The third-order valence-electron chi connectivity index (χ3n) is 4.89. The number of rotatable bonds is 6. The fraction of sp³-hybridized carbons (Fsp3) is 0.444. The molecule has 0 bridgehead atoms. The summed E-state index contributed by atoms with van der Waals surface area (Å²) in [7, 11) is 4.25. The molecule has 0 radical (unpaired) electrons. The first-order valence-corrected chi connectivity index (χ1v) is 8.83. The topological polar surface area (TPSA) is 138 Å². The quantitative estimate of drug-likeness (QED) is 0.548. The summed E-state index contributed by atoms with van der Waals surface area (Å²) < 4.78 is 17.4. The molecule has 29 heavy (non-hydrogen) atoms. The molecule has 2 aromatic rings. The monoisotopic (exact) mass is 406 g/mol. The highest BCUT2D eigenvalue weighted by atomic mass is 16.6. The number of hydrogen-bond acceptors (Lipinski definition) is 7. The maximum atomic E-state index is 12.7. The third-order valence-corrected chi connectivity index (χ3v) is 4.89. The van der Waals surface area contributed by atoms with Crippen LogP contribution < -0.4 is 25.1 Å². The molecular formula is C18H22N4O7. The van der Waals surface area contributed by atoms with Crippen LogP contribution in [-0.4, -0.2) is 48.0 Å². The second-order valence-corrected chi connectivity index (χ2v) is 6.82. The third kappa shape index (κ3) is 3.18. The molecule has 2 atom stereocenters. The Morgan fingerprint density at radius 1 is 1.10 bits per heavy atom. The predicted octanol–water partition coefficient (Wildman–Crippen LogP) is 1.51. The van der Waals surface area contributed by atoms with Crippen molar-refractivity contribution in [2.75, 3.05) is 26.6 Å². The number of amides is 1. The molecular weight excluding hydrogens is 384 g/mol. The van der Waals surface area contributed by atoms with Crippen LogP contribution in [-0.2, 0) is 4.79 Å². The average molecular weight is 406 g/mol. The maximum absolute atomic E-state index is 12.7. The molecule has 156 valence electrons. The van der Waals surface area contributed by atoms with Crippen molar-refractivity contribution < 1.29 is 23.9 Å². The van der Waals surface area contributed by atoms with Crippen molar-refractivity contribution in [3.05, 3.63) is 43.7 Å². The van der Waals surface area contributed by atoms with Crippen LogP contribution in [0.4, 0.5) is 5.82 Å². The Balaban J connectivity index is 2.33. The van der Waals surface area contributed by atoms with Crippen molar-refractivity contribution >= 4 is 11.7 Å². The van der Waals surface area contributed by atoms with E-state index in [1.165, 1.54) is 38.1 Å². The summed E-state index contributed by atoms with van der Waals surface area (Å²) in [5, 5.41) is 16.9. The lowest BCUT2D eigenvalue weighted by atomic mass is 9.83. The molecule has 1 aliphatic rings. The van der Waals surface area contributed by atoms with E-state index in [9.17, 15) is 19.7 Å². The Bertz CT molecular complexity index is 999. The predicted molar refractivity (Wildman–Crippen MR) is 103 cm³/mol. The molecule has 2 heterocycles. The van der Waals surface area contributed by atoms with Gasteiger partial charge < -0.3 is 19.5 Å². The number of aromatic nitrogens is 2. The van der Waals surface area contributed by atoms with Crippen LogP contribution in [0.1, 0.15) is 36.9 Å². The number of anilines is 1. The first-order chi connectivity index (χ1) is 13.7. The van der Waals surface area contributed by atoms with Crippen molar-refractivity contribution in [1.29, 1.82) is 0 Å². The molecule has 1 amide bonds. The first kappa shape index (κ1) is 20.2. The number of ether oxygens (including phenoxy) is 3. The highest BCUT2D eigenvalue weighted by Crippen LogP contribution is 2.44. The maximum Gasteiger partial charge on any atom is 0.301 e. The van der Waals surface area contributed by atoms with Gasteiger partial charge >= 0.3 is 11.9 Å². The molecule has 11 heteroatoms. The van der Waals surface area contributed by atoms with E-state index in [-0.39, 0.29) is 28.9 Å². The van der Waals surface area contributed by atoms with Gasteiger partial charge in [0.05, 0.1) is 32.8 Å². The summed E-state index contributed by atoms with van der Waals surface area (Å²) >= 11 is 0. The van der Waals surface area contributed by atoms with Gasteiger partial charge in [0.2, 0.25) is 5.75 Å². The number of benzene rings is 1. The van der Waals surface area contributed by atoms with Crippen molar-refractivity contribution in [3.63, 3.8) is 0 Å². The van der Waals surface area contributed by atoms with Crippen LogP contribution >= 0.6 is 0 Å². The number of hydrogen-bond donors (Lipinski definition) is 2. The fourth-order valence-corrected chi connectivity index (χ4v) is 3.61. The van der Waals surface area contributed by atoms with E-state index in [4.69, 9.17) is 14.2 Å². The number of aromatic amines is 1. The number of methoxy groups -OCH3 is 3. The van der Waals surface area contributed by atoms with Gasteiger partial charge in [0, 0.05) is 11.0 Å². The van der Waals surface area contributed by atoms with Gasteiger partial charge in [0.15, 0.2) is 11.5 Å². The second-order valence-electron chi connectivity index (χ2n) is 6.82. The summed E-state index contributed by atoms with van der Waals surface area (Å²) in [5.41, 5.74) is -0.0853. The van der Waals surface area contributed by atoms with Crippen LogP contribution in [0.25, 0.3) is 0 Å². The lowest BCUT2D eigenvalue weighted by Crippen LogP contribution is -2.45. The SMILES string of the molecule is COc1cc(C2c3c(n(C(C)C)[nH]c3=O)NC(=O)C2[N+](=O)[O-])cc(OC)c1OC. The minimum Gasteiger partial charge on any atom is -0.493 e. The number of nitrogens with one attached hydrogen (secondary N) is 2. The van der Waals surface area contributed by atoms with Gasteiger partial charge in [0.25, 0.3) is 5.56 Å². The van der Waals surface area contributed by atoms with E-state index < -0.39 is 28.3 Å². The number of fused-ring (bicyclic) bond motifs is 1. The Kier molecular flexibility index (Phi) is 5.23. The Hall–Kier alpha value is -3.50. The number of nitrogens with zero attached hydrogens (tertiary/aromatic N) is 2. The van der Waals surface area contributed by atoms with Gasteiger partial charge in [0.1, 0.15) is 5.82 Å². The van der Waals surface area contributed by atoms with Crippen LogP contribution in [0.15, 0.2) is 16.9 Å². The highest BCUT2D eigenvalue weighted by molar-refractivity contribution is 5.98. The summed E-state index contributed by atoms with van der Waals surface area (Å²) in [6.07, 6.45) is 0. The minimum absolute atomic E-state index is 0.106. The van der Waals surface area contributed by atoms with E-state index in [1.807, 2.05) is 13.8 Å². The van der Waals surface area contributed by atoms with Crippen molar-refractivity contribution in [3.8, 4) is 17.2 Å². The zero-order chi connectivity index (χ0) is 21.5. The molecule has 1 aromatic heterocycles. The smallest absolute Gasteiger partial charge is 0.301 e. The van der Waals surface area contributed by atoms with E-state index in [0.29, 0.717) is 11.3 Å². The molecule has 1 aromatic carbocycles. The van der Waals surface area contributed by atoms with Gasteiger partial charge in [-0.1, -0.05) is 0 Å². The second kappa shape index (κ2) is 7.49. The van der Waals surface area contributed by atoms with Crippen LogP contribution in [0.2, 0.25) is 0 Å². The number of carbonyl (C=O) groups is 1. The van der Waals surface area contributed by atoms with Crippen LogP contribution in [0.3, 0.4) is 0 Å². The molecule has 11 nitrogen and oxygen atoms in total. The van der Waals surface area contributed by atoms with Crippen LogP contribution in [0, 0.1) is 10.1 Å². The standard InChI is InChI=1S/C18H22N4O7/c1-8(2)21-16-13(17(23)20-21)12(14(22(25)26)18(24)19-16)9-6-10(27-3)15(29-5)11(7-9)28-4/h6-8,12,14H,1-5H3,(H,19,24)(H,20,23). The van der Waals surface area contributed by atoms with Crippen molar-refractivity contribution in [2.24, 2.45) is 0 Å². The molecule has 2 unspecified atom stereocenters. The van der Waals surface area contributed by atoms with Gasteiger partial charge in [-0.25, -0.2) is 0 Å². The molecule has 0 saturated carbocycles. The molecule has 0 saturated heterocycles. The average Bonchev–Trinajstić information content (AvgIpc) is 3.01. The Labute approximate surface area is 165 Å². The lowest BCUT2D eigenvalue weighted by Gasteiger charge is -2.27. The minimum atomic E-state index is -1.70. The van der Waals surface area contributed by atoms with Gasteiger partial charge in [-0.15, -0.1) is 0 Å². The van der Waals surface area contributed by atoms with Crippen molar-refractivity contribution in [1.82, 2.24) is 9.78 Å². The van der Waals surface area contributed by atoms with Gasteiger partial charge in [-0.3, -0.25) is 29.5 Å².